The van der Waals surface area contributed by atoms with E-state index >= 15 is 0 Å². The van der Waals surface area contributed by atoms with E-state index in [0.29, 0.717) is 16.8 Å². The number of rotatable bonds is 4. The Labute approximate surface area is 173 Å². The van der Waals surface area contributed by atoms with Crippen molar-refractivity contribution >= 4 is 29.6 Å². The van der Waals surface area contributed by atoms with E-state index in [1.54, 1.807) is 20.8 Å². The molecule has 0 aliphatic carbocycles. The molecule has 2 rings (SSSR count). The van der Waals surface area contributed by atoms with Crippen LogP contribution in [0.2, 0.25) is 0 Å². The van der Waals surface area contributed by atoms with Crippen LogP contribution in [0.3, 0.4) is 0 Å². The molecular weight excluding hydrogens is 390 g/mol. The van der Waals surface area contributed by atoms with Gasteiger partial charge in [0.2, 0.25) is 0 Å². The minimum atomic E-state index is -1.28. The topological polar surface area (TPSA) is 125 Å². The highest BCUT2D eigenvalue weighted by atomic mass is 16.5. The Kier molecular flexibility index (Phi) is 6.78. The van der Waals surface area contributed by atoms with Gasteiger partial charge in [-0.25, -0.2) is 14.6 Å². The molecule has 0 heterocycles. The van der Waals surface area contributed by atoms with Crippen LogP contribution in [0.5, 0.6) is 0 Å². The Morgan fingerprint density at radius 2 is 1.30 bits per heavy atom. The summed E-state index contributed by atoms with van der Waals surface area (Å²) >= 11 is 0. The van der Waals surface area contributed by atoms with Crippen LogP contribution in [0.15, 0.2) is 48.5 Å². The van der Waals surface area contributed by atoms with E-state index in [-0.39, 0.29) is 5.56 Å². The molecule has 0 saturated carbocycles. The third-order valence-corrected chi connectivity index (χ3v) is 4.05. The van der Waals surface area contributed by atoms with Crippen molar-refractivity contribution in [2.24, 2.45) is 0 Å². The van der Waals surface area contributed by atoms with Crippen LogP contribution in [0, 0.1) is 0 Å². The van der Waals surface area contributed by atoms with Gasteiger partial charge in [-0.15, -0.1) is 0 Å². The van der Waals surface area contributed by atoms with Gasteiger partial charge in [0, 0.05) is 16.8 Å². The standard InChI is InChI=1S/C21H23N3O6/c1-21(2,3)24(20(28)29)23-18(26)14-9-11-16(12-10-14)22-17(25)13-5-7-15(8-6-13)19(27)30-4/h5-12H,1-4H3,(H,22,25)(H,23,26)(H,28,29). The van der Waals surface area contributed by atoms with Crippen LogP contribution in [0.1, 0.15) is 51.8 Å². The summed E-state index contributed by atoms with van der Waals surface area (Å²) in [5, 5.41) is 12.8. The summed E-state index contributed by atoms with van der Waals surface area (Å²) in [6, 6.07) is 11.9. The third kappa shape index (κ3) is 5.57. The lowest BCUT2D eigenvalue weighted by Gasteiger charge is -2.32. The van der Waals surface area contributed by atoms with Gasteiger partial charge in [-0.3, -0.25) is 15.0 Å². The second-order valence-corrected chi connectivity index (χ2v) is 7.33. The summed E-state index contributed by atoms with van der Waals surface area (Å²) in [7, 11) is 1.27. The number of hydrogen-bond acceptors (Lipinski definition) is 5. The lowest BCUT2D eigenvalue weighted by atomic mass is 10.1. The normalized spacial score (nSPS) is 10.7. The Balaban J connectivity index is 2.05. The summed E-state index contributed by atoms with van der Waals surface area (Å²) in [4.78, 5) is 47.4. The van der Waals surface area contributed by atoms with Crippen molar-refractivity contribution in [3.05, 3.63) is 65.2 Å². The number of esters is 1. The molecule has 3 N–H and O–H groups in total. The first kappa shape index (κ1) is 22.4. The molecule has 2 aromatic rings. The highest BCUT2D eigenvalue weighted by Gasteiger charge is 2.28. The number of nitrogens with zero attached hydrogens (tertiary/aromatic N) is 1. The predicted molar refractivity (Wildman–Crippen MR) is 109 cm³/mol. The fourth-order valence-electron chi connectivity index (χ4n) is 2.45. The van der Waals surface area contributed by atoms with Crippen LogP contribution in [-0.2, 0) is 4.74 Å². The number of ether oxygens (including phenoxy) is 1. The third-order valence-electron chi connectivity index (χ3n) is 4.05. The van der Waals surface area contributed by atoms with Crippen LogP contribution >= 0.6 is 0 Å². The van der Waals surface area contributed by atoms with Crippen LogP contribution < -0.4 is 10.7 Å². The number of hydrogen-bond donors (Lipinski definition) is 3. The fourth-order valence-corrected chi connectivity index (χ4v) is 2.45. The Morgan fingerprint density at radius 1 is 0.833 bits per heavy atom. The van der Waals surface area contributed by atoms with Crippen molar-refractivity contribution in [3.8, 4) is 0 Å². The van der Waals surface area contributed by atoms with E-state index in [0.717, 1.165) is 5.01 Å². The molecule has 9 nitrogen and oxygen atoms in total. The predicted octanol–water partition coefficient (Wildman–Crippen LogP) is 3.15. The summed E-state index contributed by atoms with van der Waals surface area (Å²) in [5.74, 6) is -1.49. The number of nitrogens with one attached hydrogen (secondary N) is 2. The minimum Gasteiger partial charge on any atom is -0.465 e. The quantitative estimate of drug-likeness (QED) is 0.522. The highest BCUT2D eigenvalue weighted by Crippen LogP contribution is 2.15. The van der Waals surface area contributed by atoms with Crippen LogP contribution in [0.4, 0.5) is 10.5 Å². The molecule has 0 aliphatic heterocycles. The summed E-state index contributed by atoms with van der Waals surface area (Å²) in [6.07, 6.45) is -1.28. The van der Waals surface area contributed by atoms with Crippen LogP contribution in [0.25, 0.3) is 0 Å². The van der Waals surface area contributed by atoms with E-state index in [1.165, 1.54) is 55.6 Å². The molecule has 0 fully saturated rings. The van der Waals surface area contributed by atoms with Crippen molar-refractivity contribution in [2.75, 3.05) is 12.4 Å². The number of carboxylic acid groups (broad SMARTS) is 1. The zero-order valence-corrected chi connectivity index (χ0v) is 17.1. The number of amides is 3. The average molecular weight is 413 g/mol. The monoisotopic (exact) mass is 413 g/mol. The van der Waals surface area contributed by atoms with Gasteiger partial charge < -0.3 is 15.2 Å². The zero-order chi connectivity index (χ0) is 22.5. The van der Waals surface area contributed by atoms with Crippen molar-refractivity contribution < 1.29 is 29.0 Å². The molecule has 9 heteroatoms. The zero-order valence-electron chi connectivity index (χ0n) is 17.1. The molecule has 2 aromatic carbocycles. The molecule has 3 amide bonds. The Bertz CT molecular complexity index is 946. The van der Waals surface area contributed by atoms with Crippen molar-refractivity contribution in [2.45, 2.75) is 26.3 Å². The molecule has 0 aliphatic rings. The van der Waals surface area contributed by atoms with Gasteiger partial charge in [-0.05, 0) is 69.3 Å². The number of benzene rings is 2. The van der Waals surface area contributed by atoms with Crippen LogP contribution in [-0.4, -0.2) is 46.6 Å². The number of methoxy groups -OCH3 is 1. The highest BCUT2D eigenvalue weighted by molar-refractivity contribution is 6.05. The van der Waals surface area contributed by atoms with E-state index < -0.39 is 29.4 Å². The molecular formula is C21H23N3O6. The molecule has 0 spiro atoms. The van der Waals surface area contributed by atoms with Gasteiger partial charge in [-0.1, -0.05) is 0 Å². The maximum absolute atomic E-state index is 12.3. The number of carbonyl (C=O) groups excluding carboxylic acids is 3. The number of hydrazine groups is 1. The van der Waals surface area contributed by atoms with Gasteiger partial charge >= 0.3 is 12.1 Å². The average Bonchev–Trinajstić information content (AvgIpc) is 2.70. The molecule has 158 valence electrons. The lowest BCUT2D eigenvalue weighted by Crippen LogP contribution is -2.55. The molecule has 0 radical (unpaired) electrons. The first-order valence-electron chi connectivity index (χ1n) is 8.97. The SMILES string of the molecule is COC(=O)c1ccc(C(=O)Nc2ccc(C(=O)NN(C(=O)O)C(C)(C)C)cc2)cc1. The van der Waals surface area contributed by atoms with Gasteiger partial charge in [0.25, 0.3) is 11.8 Å². The summed E-state index contributed by atoms with van der Waals surface area (Å²) in [6.45, 7) is 4.95. The van der Waals surface area contributed by atoms with E-state index in [4.69, 9.17) is 0 Å². The van der Waals surface area contributed by atoms with Crippen molar-refractivity contribution in [1.29, 1.82) is 0 Å². The smallest absolute Gasteiger partial charge is 0.426 e. The molecule has 0 saturated heterocycles. The second kappa shape index (κ2) is 9.08. The Morgan fingerprint density at radius 3 is 1.77 bits per heavy atom. The van der Waals surface area contributed by atoms with Crippen molar-refractivity contribution in [3.63, 3.8) is 0 Å². The first-order valence-corrected chi connectivity index (χ1v) is 8.97. The maximum Gasteiger partial charge on any atom is 0.426 e. The number of carbonyl (C=O) groups is 4. The minimum absolute atomic E-state index is 0.228. The van der Waals surface area contributed by atoms with Gasteiger partial charge in [0.1, 0.15) is 0 Å². The largest absolute Gasteiger partial charge is 0.465 e. The molecule has 30 heavy (non-hydrogen) atoms. The van der Waals surface area contributed by atoms with E-state index in [1.807, 2.05) is 0 Å². The lowest BCUT2D eigenvalue weighted by molar-refractivity contribution is 0.0497. The second-order valence-electron chi connectivity index (χ2n) is 7.33. The Hall–Kier alpha value is -3.88. The van der Waals surface area contributed by atoms with E-state index in [2.05, 4.69) is 15.5 Å². The van der Waals surface area contributed by atoms with Crippen molar-refractivity contribution in [1.82, 2.24) is 10.4 Å². The first-order chi connectivity index (χ1) is 14.0. The van der Waals surface area contributed by atoms with E-state index in [9.17, 15) is 24.3 Å². The van der Waals surface area contributed by atoms with Gasteiger partial charge in [0.05, 0.1) is 18.2 Å². The summed E-state index contributed by atoms with van der Waals surface area (Å²) < 4.78 is 4.61. The molecule has 0 bridgehead atoms. The van der Waals surface area contributed by atoms with Gasteiger partial charge in [-0.2, -0.15) is 0 Å². The molecule has 0 aromatic heterocycles. The fraction of sp³-hybridized carbons (Fsp3) is 0.238. The van der Waals surface area contributed by atoms with Gasteiger partial charge in [0.15, 0.2) is 0 Å². The molecule has 0 atom stereocenters. The maximum atomic E-state index is 12.3. The summed E-state index contributed by atoms with van der Waals surface area (Å²) in [5.41, 5.74) is 2.87. The molecule has 0 unspecified atom stereocenters. The number of anilines is 1.